The SMILES string of the molecule is Clc1ccc(C2CCN(c3nc4ccccc4s3)CC2)c(Cl)c1. The minimum Gasteiger partial charge on any atom is -0.348 e. The van der Waals surface area contributed by atoms with E-state index < -0.39 is 0 Å². The number of aromatic nitrogens is 1. The summed E-state index contributed by atoms with van der Waals surface area (Å²) in [6.45, 7) is 2.03. The molecule has 118 valence electrons. The minimum atomic E-state index is 0.505. The van der Waals surface area contributed by atoms with Crippen LogP contribution in [0.1, 0.15) is 24.3 Å². The van der Waals surface area contributed by atoms with Crippen molar-refractivity contribution in [2.24, 2.45) is 0 Å². The van der Waals surface area contributed by atoms with Gasteiger partial charge < -0.3 is 4.90 Å². The summed E-state index contributed by atoms with van der Waals surface area (Å²) in [5, 5.41) is 2.62. The average Bonchev–Trinajstić information content (AvgIpc) is 2.99. The molecule has 0 radical (unpaired) electrons. The van der Waals surface area contributed by atoms with Gasteiger partial charge in [0.1, 0.15) is 0 Å². The number of thiazole rings is 1. The van der Waals surface area contributed by atoms with Gasteiger partial charge >= 0.3 is 0 Å². The number of rotatable bonds is 2. The van der Waals surface area contributed by atoms with Gasteiger partial charge in [-0.2, -0.15) is 0 Å². The number of hydrogen-bond acceptors (Lipinski definition) is 3. The van der Waals surface area contributed by atoms with E-state index in [0.29, 0.717) is 10.9 Å². The van der Waals surface area contributed by atoms with Crippen LogP contribution in [0.2, 0.25) is 10.0 Å². The Balaban J connectivity index is 1.50. The van der Waals surface area contributed by atoms with Crippen LogP contribution in [0, 0.1) is 0 Å². The first-order valence-corrected chi connectivity index (χ1v) is 9.33. The Morgan fingerprint density at radius 1 is 1.04 bits per heavy atom. The molecule has 23 heavy (non-hydrogen) atoms. The van der Waals surface area contributed by atoms with Gasteiger partial charge in [0.25, 0.3) is 0 Å². The summed E-state index contributed by atoms with van der Waals surface area (Å²) in [4.78, 5) is 7.16. The second-order valence-electron chi connectivity index (χ2n) is 5.89. The van der Waals surface area contributed by atoms with E-state index in [9.17, 15) is 0 Å². The molecule has 5 heteroatoms. The first-order valence-electron chi connectivity index (χ1n) is 7.76. The maximum atomic E-state index is 6.36. The van der Waals surface area contributed by atoms with Crippen molar-refractivity contribution >= 4 is 49.9 Å². The zero-order chi connectivity index (χ0) is 15.8. The fourth-order valence-corrected chi connectivity index (χ4v) is 4.79. The van der Waals surface area contributed by atoms with E-state index in [1.54, 1.807) is 11.3 Å². The van der Waals surface area contributed by atoms with E-state index in [0.717, 1.165) is 41.6 Å². The molecule has 2 heterocycles. The van der Waals surface area contributed by atoms with Gasteiger partial charge in [-0.05, 0) is 48.6 Å². The van der Waals surface area contributed by atoms with Gasteiger partial charge in [-0.25, -0.2) is 4.98 Å². The summed E-state index contributed by atoms with van der Waals surface area (Å²) in [5.41, 5.74) is 2.32. The van der Waals surface area contributed by atoms with Gasteiger partial charge in [0, 0.05) is 23.1 Å². The van der Waals surface area contributed by atoms with Crippen LogP contribution in [0.5, 0.6) is 0 Å². The van der Waals surface area contributed by atoms with Crippen molar-refractivity contribution < 1.29 is 0 Å². The van der Waals surface area contributed by atoms with Crippen molar-refractivity contribution in [2.45, 2.75) is 18.8 Å². The van der Waals surface area contributed by atoms with Crippen LogP contribution < -0.4 is 4.90 Å². The quantitative estimate of drug-likeness (QED) is 0.556. The molecule has 0 N–H and O–H groups in total. The number of anilines is 1. The number of halogens is 2. The van der Waals surface area contributed by atoms with Crippen LogP contribution in [-0.2, 0) is 0 Å². The smallest absolute Gasteiger partial charge is 0.186 e. The molecule has 0 amide bonds. The lowest BCUT2D eigenvalue weighted by atomic mass is 9.89. The fourth-order valence-electron chi connectivity index (χ4n) is 3.21. The lowest BCUT2D eigenvalue weighted by Crippen LogP contribution is -2.32. The number of fused-ring (bicyclic) bond motifs is 1. The molecule has 1 fully saturated rings. The molecule has 0 spiro atoms. The molecule has 0 saturated carbocycles. The summed E-state index contributed by atoms with van der Waals surface area (Å²) in [7, 11) is 0. The van der Waals surface area contributed by atoms with E-state index in [2.05, 4.69) is 29.2 Å². The number of benzene rings is 2. The fraction of sp³-hybridized carbons (Fsp3) is 0.278. The molecule has 4 rings (SSSR count). The monoisotopic (exact) mass is 362 g/mol. The Labute approximate surface area is 149 Å². The van der Waals surface area contributed by atoms with E-state index in [1.807, 2.05) is 18.2 Å². The molecule has 0 atom stereocenters. The lowest BCUT2D eigenvalue weighted by Gasteiger charge is -2.32. The Hall–Kier alpha value is -1.29. The molecule has 0 unspecified atom stereocenters. The highest BCUT2D eigenvalue weighted by Gasteiger charge is 2.24. The predicted octanol–water partition coefficient (Wildman–Crippen LogP) is 5.99. The summed E-state index contributed by atoms with van der Waals surface area (Å²) >= 11 is 14.1. The summed E-state index contributed by atoms with van der Waals surface area (Å²) in [6, 6.07) is 14.2. The molecule has 1 aliphatic heterocycles. The second-order valence-corrected chi connectivity index (χ2v) is 7.74. The standard InChI is InChI=1S/C18H16Cl2N2S/c19-13-5-6-14(15(20)11-13)12-7-9-22(10-8-12)18-21-16-3-1-2-4-17(16)23-18/h1-6,11-12H,7-10H2. The third-order valence-electron chi connectivity index (χ3n) is 4.45. The Kier molecular flexibility index (Phi) is 4.18. The maximum Gasteiger partial charge on any atom is 0.186 e. The first kappa shape index (κ1) is 15.3. The number of piperidine rings is 1. The molecular formula is C18H16Cl2N2S. The molecule has 0 bridgehead atoms. The van der Waals surface area contributed by atoms with E-state index in [4.69, 9.17) is 28.2 Å². The normalized spacial score (nSPS) is 16.2. The van der Waals surface area contributed by atoms with Gasteiger partial charge in [0.15, 0.2) is 5.13 Å². The van der Waals surface area contributed by atoms with Crippen LogP contribution in [0.3, 0.4) is 0 Å². The minimum absolute atomic E-state index is 0.505. The molecule has 1 aliphatic rings. The van der Waals surface area contributed by atoms with Crippen molar-refractivity contribution in [3.05, 3.63) is 58.1 Å². The predicted molar refractivity (Wildman–Crippen MR) is 100 cm³/mol. The topological polar surface area (TPSA) is 16.1 Å². The number of hydrogen-bond donors (Lipinski definition) is 0. The zero-order valence-corrected chi connectivity index (χ0v) is 14.8. The lowest BCUT2D eigenvalue weighted by molar-refractivity contribution is 0.505. The third kappa shape index (κ3) is 3.06. The van der Waals surface area contributed by atoms with Crippen molar-refractivity contribution in [2.75, 3.05) is 18.0 Å². The largest absolute Gasteiger partial charge is 0.348 e. The van der Waals surface area contributed by atoms with Crippen LogP contribution in [0.15, 0.2) is 42.5 Å². The van der Waals surface area contributed by atoms with Crippen molar-refractivity contribution in [1.82, 2.24) is 4.98 Å². The summed E-state index contributed by atoms with van der Waals surface area (Å²) in [5.74, 6) is 0.505. The number of nitrogens with zero attached hydrogens (tertiary/aromatic N) is 2. The van der Waals surface area contributed by atoms with Crippen molar-refractivity contribution in [3.8, 4) is 0 Å². The van der Waals surface area contributed by atoms with Crippen molar-refractivity contribution in [1.29, 1.82) is 0 Å². The van der Waals surface area contributed by atoms with E-state index in [1.165, 1.54) is 10.3 Å². The van der Waals surface area contributed by atoms with Crippen LogP contribution in [0.4, 0.5) is 5.13 Å². The zero-order valence-electron chi connectivity index (χ0n) is 12.5. The Bertz CT molecular complexity index is 805. The highest BCUT2D eigenvalue weighted by Crippen LogP contribution is 2.37. The van der Waals surface area contributed by atoms with Gasteiger partial charge in [0.05, 0.1) is 10.2 Å². The van der Waals surface area contributed by atoms with E-state index >= 15 is 0 Å². The second kappa shape index (κ2) is 6.31. The van der Waals surface area contributed by atoms with Gasteiger partial charge in [-0.15, -0.1) is 0 Å². The average molecular weight is 363 g/mol. The maximum absolute atomic E-state index is 6.36. The van der Waals surface area contributed by atoms with Gasteiger partial charge in [-0.3, -0.25) is 0 Å². The molecule has 1 aromatic heterocycles. The van der Waals surface area contributed by atoms with Gasteiger partial charge in [-0.1, -0.05) is 52.7 Å². The molecule has 2 nitrogen and oxygen atoms in total. The van der Waals surface area contributed by atoms with Crippen LogP contribution >= 0.6 is 34.5 Å². The van der Waals surface area contributed by atoms with E-state index in [-0.39, 0.29) is 0 Å². The van der Waals surface area contributed by atoms with Gasteiger partial charge in [0.2, 0.25) is 0 Å². The molecule has 2 aromatic carbocycles. The first-order chi connectivity index (χ1) is 11.2. The third-order valence-corrected chi connectivity index (χ3v) is 6.11. The Morgan fingerprint density at radius 2 is 1.83 bits per heavy atom. The molecular weight excluding hydrogens is 347 g/mol. The highest BCUT2D eigenvalue weighted by molar-refractivity contribution is 7.22. The summed E-state index contributed by atoms with van der Waals surface area (Å²) in [6.07, 6.45) is 2.19. The molecule has 1 saturated heterocycles. The highest BCUT2D eigenvalue weighted by atomic mass is 35.5. The molecule has 0 aliphatic carbocycles. The van der Waals surface area contributed by atoms with Crippen LogP contribution in [-0.4, -0.2) is 18.1 Å². The molecule has 3 aromatic rings. The summed E-state index contributed by atoms with van der Waals surface area (Å²) < 4.78 is 1.25. The number of para-hydroxylation sites is 1. The van der Waals surface area contributed by atoms with Crippen molar-refractivity contribution in [3.63, 3.8) is 0 Å². The van der Waals surface area contributed by atoms with Crippen LogP contribution in [0.25, 0.3) is 10.2 Å². The Morgan fingerprint density at radius 3 is 2.57 bits per heavy atom.